The van der Waals surface area contributed by atoms with Crippen molar-refractivity contribution in [3.05, 3.63) is 74.2 Å². The van der Waals surface area contributed by atoms with E-state index in [9.17, 15) is 4.79 Å². The number of nitrogens with zero attached hydrogens (tertiary/aromatic N) is 1. The minimum atomic E-state index is 0.0619. The van der Waals surface area contributed by atoms with Crippen LogP contribution in [-0.4, -0.2) is 4.57 Å². The Morgan fingerprint density at radius 1 is 1.09 bits per heavy atom. The summed E-state index contributed by atoms with van der Waals surface area (Å²) in [4.78, 5) is 12.3. The van der Waals surface area contributed by atoms with Gasteiger partial charge < -0.3 is 5.73 Å². The lowest BCUT2D eigenvalue weighted by molar-refractivity contribution is 0.792. The van der Waals surface area contributed by atoms with Crippen LogP contribution in [0.4, 0.5) is 5.69 Å². The van der Waals surface area contributed by atoms with Gasteiger partial charge in [-0.05, 0) is 37.1 Å². The van der Waals surface area contributed by atoms with Crippen LogP contribution in [0.15, 0.2) is 52.6 Å². The fourth-order valence-corrected chi connectivity index (χ4v) is 3.35. The predicted molar refractivity (Wildman–Crippen MR) is 93.4 cm³/mol. The van der Waals surface area contributed by atoms with Crippen LogP contribution in [0.25, 0.3) is 11.3 Å². The molecule has 0 spiro atoms. The number of anilines is 1. The van der Waals surface area contributed by atoms with Crippen molar-refractivity contribution in [1.82, 2.24) is 4.57 Å². The van der Waals surface area contributed by atoms with Gasteiger partial charge in [0.1, 0.15) is 0 Å². The highest BCUT2D eigenvalue weighted by Gasteiger charge is 2.11. The lowest BCUT2D eigenvalue weighted by Crippen LogP contribution is -2.15. The van der Waals surface area contributed by atoms with Crippen molar-refractivity contribution in [2.45, 2.75) is 20.4 Å². The van der Waals surface area contributed by atoms with E-state index in [4.69, 9.17) is 5.73 Å². The summed E-state index contributed by atoms with van der Waals surface area (Å²) in [6, 6.07) is 14.0. The summed E-state index contributed by atoms with van der Waals surface area (Å²) in [5.74, 6) is 0. The second-order valence-corrected chi connectivity index (χ2v) is 6.35. The van der Waals surface area contributed by atoms with Crippen LogP contribution in [0.1, 0.15) is 16.7 Å². The van der Waals surface area contributed by atoms with E-state index in [0.717, 1.165) is 22.5 Å². The van der Waals surface area contributed by atoms with Crippen LogP contribution in [0, 0.1) is 13.8 Å². The molecule has 0 fully saturated rings. The first-order valence-corrected chi connectivity index (χ1v) is 8.03. The zero-order valence-electron chi connectivity index (χ0n) is 12.7. The Balaban J connectivity index is 2.04. The quantitative estimate of drug-likeness (QED) is 0.748. The van der Waals surface area contributed by atoms with Crippen molar-refractivity contribution in [3.8, 4) is 11.3 Å². The molecule has 0 unspecified atom stereocenters. The maximum atomic E-state index is 12.2. The van der Waals surface area contributed by atoms with E-state index in [1.165, 1.54) is 22.5 Å². The molecule has 1 aromatic heterocycles. The average molecular weight is 310 g/mol. The Hall–Kier alpha value is -2.33. The fourth-order valence-electron chi connectivity index (χ4n) is 2.60. The molecular weight excluding hydrogens is 292 g/mol. The Bertz CT molecular complexity index is 860. The number of thiazole rings is 1. The first-order chi connectivity index (χ1) is 10.5. The Labute approximate surface area is 133 Å². The predicted octanol–water partition coefficient (Wildman–Crippen LogP) is 3.82. The minimum absolute atomic E-state index is 0.0619. The second-order valence-electron chi connectivity index (χ2n) is 5.53. The van der Waals surface area contributed by atoms with E-state index in [2.05, 4.69) is 32.0 Å². The molecule has 0 saturated heterocycles. The number of nitrogens with two attached hydrogens (primary N) is 1. The van der Waals surface area contributed by atoms with E-state index >= 15 is 0 Å². The largest absolute Gasteiger partial charge is 0.399 e. The molecule has 0 atom stereocenters. The van der Waals surface area contributed by atoms with Crippen LogP contribution in [-0.2, 0) is 6.54 Å². The number of benzene rings is 2. The van der Waals surface area contributed by atoms with Gasteiger partial charge >= 0.3 is 4.87 Å². The summed E-state index contributed by atoms with van der Waals surface area (Å²) in [5, 5.41) is 1.94. The number of aromatic nitrogens is 1. The maximum absolute atomic E-state index is 12.2. The van der Waals surface area contributed by atoms with Crippen LogP contribution >= 0.6 is 11.3 Å². The zero-order valence-corrected chi connectivity index (χ0v) is 13.5. The van der Waals surface area contributed by atoms with Crippen molar-refractivity contribution in [3.63, 3.8) is 0 Å². The molecule has 22 heavy (non-hydrogen) atoms. The summed E-state index contributed by atoms with van der Waals surface area (Å²) in [7, 11) is 0. The van der Waals surface area contributed by atoms with Crippen LogP contribution in [0.2, 0.25) is 0 Å². The van der Waals surface area contributed by atoms with E-state index in [1.807, 2.05) is 34.2 Å². The van der Waals surface area contributed by atoms with Crippen molar-refractivity contribution < 1.29 is 0 Å². The third kappa shape index (κ3) is 2.83. The third-order valence-corrected chi connectivity index (χ3v) is 4.52. The molecule has 4 heteroatoms. The van der Waals surface area contributed by atoms with Gasteiger partial charge in [0.2, 0.25) is 0 Å². The summed E-state index contributed by atoms with van der Waals surface area (Å²) < 4.78 is 1.83. The van der Waals surface area contributed by atoms with Gasteiger partial charge in [0.05, 0.1) is 12.2 Å². The van der Waals surface area contributed by atoms with Crippen molar-refractivity contribution in [2.24, 2.45) is 0 Å². The van der Waals surface area contributed by atoms with E-state index in [1.54, 1.807) is 0 Å². The van der Waals surface area contributed by atoms with Crippen molar-refractivity contribution in [1.29, 1.82) is 0 Å². The zero-order chi connectivity index (χ0) is 15.7. The van der Waals surface area contributed by atoms with Gasteiger partial charge in [0.15, 0.2) is 0 Å². The number of hydrogen-bond acceptors (Lipinski definition) is 3. The fraction of sp³-hybridized carbons (Fsp3) is 0.167. The van der Waals surface area contributed by atoms with Crippen LogP contribution in [0.5, 0.6) is 0 Å². The first kappa shape index (κ1) is 14.6. The lowest BCUT2D eigenvalue weighted by Gasteiger charge is -2.11. The average Bonchev–Trinajstić information content (AvgIpc) is 2.83. The molecule has 0 radical (unpaired) electrons. The molecule has 3 rings (SSSR count). The molecule has 0 bridgehead atoms. The Morgan fingerprint density at radius 3 is 2.50 bits per heavy atom. The molecule has 0 aliphatic carbocycles. The molecule has 2 aromatic carbocycles. The van der Waals surface area contributed by atoms with Gasteiger partial charge in [0.25, 0.3) is 0 Å². The highest BCUT2D eigenvalue weighted by Crippen LogP contribution is 2.25. The van der Waals surface area contributed by atoms with Crippen molar-refractivity contribution >= 4 is 17.0 Å². The minimum Gasteiger partial charge on any atom is -0.399 e. The Kier molecular flexibility index (Phi) is 3.86. The summed E-state index contributed by atoms with van der Waals surface area (Å²) in [5.41, 5.74) is 12.0. The molecule has 0 amide bonds. The topological polar surface area (TPSA) is 48.0 Å². The molecule has 0 aliphatic rings. The molecule has 0 aliphatic heterocycles. The second kappa shape index (κ2) is 5.81. The number of aryl methyl sites for hydroxylation is 2. The van der Waals surface area contributed by atoms with Gasteiger partial charge in [0, 0.05) is 16.6 Å². The molecular formula is C18H18N2OS. The molecule has 112 valence electrons. The van der Waals surface area contributed by atoms with E-state index in [0.29, 0.717) is 6.54 Å². The summed E-state index contributed by atoms with van der Waals surface area (Å²) in [6.07, 6.45) is 0. The molecule has 2 N–H and O–H groups in total. The standard InChI is InChI=1S/C18H18N2OS/c1-12-3-8-16(13(2)9-12)17-11-22-18(21)20(17)10-14-4-6-15(19)7-5-14/h3-9,11H,10,19H2,1-2H3. The molecule has 3 aromatic rings. The smallest absolute Gasteiger partial charge is 0.307 e. The molecule has 0 saturated carbocycles. The summed E-state index contributed by atoms with van der Waals surface area (Å²) in [6.45, 7) is 4.72. The maximum Gasteiger partial charge on any atom is 0.307 e. The lowest BCUT2D eigenvalue weighted by atomic mass is 10.0. The highest BCUT2D eigenvalue weighted by atomic mass is 32.1. The number of nitrogen functional groups attached to an aromatic ring is 1. The van der Waals surface area contributed by atoms with Crippen LogP contribution < -0.4 is 10.6 Å². The first-order valence-electron chi connectivity index (χ1n) is 7.15. The summed E-state index contributed by atoms with van der Waals surface area (Å²) >= 11 is 1.24. The van der Waals surface area contributed by atoms with Gasteiger partial charge in [-0.3, -0.25) is 9.36 Å². The molecule has 1 heterocycles. The van der Waals surface area contributed by atoms with Crippen molar-refractivity contribution in [2.75, 3.05) is 5.73 Å². The van der Waals surface area contributed by atoms with Gasteiger partial charge in [-0.15, -0.1) is 0 Å². The van der Waals surface area contributed by atoms with Gasteiger partial charge in [-0.1, -0.05) is 47.2 Å². The highest BCUT2D eigenvalue weighted by molar-refractivity contribution is 7.07. The Morgan fingerprint density at radius 2 is 1.82 bits per heavy atom. The van der Waals surface area contributed by atoms with Gasteiger partial charge in [-0.2, -0.15) is 0 Å². The van der Waals surface area contributed by atoms with E-state index in [-0.39, 0.29) is 4.87 Å². The number of hydrogen-bond donors (Lipinski definition) is 1. The number of rotatable bonds is 3. The molecule has 3 nitrogen and oxygen atoms in total. The van der Waals surface area contributed by atoms with E-state index < -0.39 is 0 Å². The normalized spacial score (nSPS) is 10.8. The van der Waals surface area contributed by atoms with Gasteiger partial charge in [-0.25, -0.2) is 0 Å². The SMILES string of the molecule is Cc1ccc(-c2csc(=O)n2Cc2ccc(N)cc2)c(C)c1. The third-order valence-electron chi connectivity index (χ3n) is 3.76. The monoisotopic (exact) mass is 310 g/mol. The van der Waals surface area contributed by atoms with Crippen LogP contribution in [0.3, 0.4) is 0 Å².